The Kier molecular flexibility index (Phi) is 5.58. The van der Waals surface area contributed by atoms with Crippen LogP contribution in [0.2, 0.25) is 5.02 Å². The number of amides is 1. The Bertz CT molecular complexity index is 845. The minimum Gasteiger partial charge on any atom is -0.441 e. The lowest BCUT2D eigenvalue weighted by atomic mass is 10.1. The summed E-state index contributed by atoms with van der Waals surface area (Å²) >= 11 is 5.73. The number of anilines is 1. The van der Waals surface area contributed by atoms with Gasteiger partial charge in [-0.25, -0.2) is 13.2 Å². The lowest BCUT2D eigenvalue weighted by molar-refractivity contribution is 0.0863. The predicted molar refractivity (Wildman–Crippen MR) is 90.3 cm³/mol. The van der Waals surface area contributed by atoms with E-state index in [0.717, 1.165) is 6.26 Å². The molecule has 2 aromatic carbocycles. The third-order valence-corrected chi connectivity index (χ3v) is 4.41. The fourth-order valence-electron chi connectivity index (χ4n) is 1.79. The van der Waals surface area contributed by atoms with Crippen LogP contribution < -0.4 is 5.32 Å². The molecule has 0 aliphatic heterocycles. The van der Waals surface area contributed by atoms with Crippen LogP contribution in [0.5, 0.6) is 0 Å². The summed E-state index contributed by atoms with van der Waals surface area (Å²) in [7, 11) is -3.32. The van der Waals surface area contributed by atoms with E-state index < -0.39 is 28.3 Å². The third-order valence-electron chi connectivity index (χ3n) is 3.03. The summed E-state index contributed by atoms with van der Waals surface area (Å²) < 4.78 is 27.5. The zero-order chi connectivity index (χ0) is 17.7. The zero-order valence-corrected chi connectivity index (χ0v) is 14.2. The lowest BCUT2D eigenvalue weighted by Crippen LogP contribution is -2.19. The standard InChI is InChI=1S/C16H14ClNO5S/c1-24(21,22)14-8-2-11(3-9-14)15(19)10-23-16(20)18-13-6-4-12(17)5-7-13/h2-9H,10H2,1H3,(H,18,20). The van der Waals surface area contributed by atoms with Crippen molar-refractivity contribution >= 4 is 39.0 Å². The second-order valence-electron chi connectivity index (χ2n) is 4.93. The summed E-state index contributed by atoms with van der Waals surface area (Å²) in [5.74, 6) is -0.443. The third kappa shape index (κ3) is 5.07. The first-order chi connectivity index (χ1) is 11.3. The van der Waals surface area contributed by atoms with Gasteiger partial charge in [-0.05, 0) is 48.5 Å². The number of rotatable bonds is 5. The first-order valence-electron chi connectivity index (χ1n) is 6.78. The molecule has 0 radical (unpaired) electrons. The molecule has 0 aliphatic rings. The highest BCUT2D eigenvalue weighted by Gasteiger charge is 2.12. The zero-order valence-electron chi connectivity index (χ0n) is 12.7. The molecule has 1 N–H and O–H groups in total. The maximum Gasteiger partial charge on any atom is 0.412 e. The summed E-state index contributed by atoms with van der Waals surface area (Å²) in [4.78, 5) is 23.7. The first-order valence-corrected chi connectivity index (χ1v) is 9.05. The van der Waals surface area contributed by atoms with E-state index in [0.29, 0.717) is 10.7 Å². The van der Waals surface area contributed by atoms with Gasteiger partial charge in [-0.2, -0.15) is 0 Å². The van der Waals surface area contributed by atoms with Gasteiger partial charge in [0, 0.05) is 22.5 Å². The Hall–Kier alpha value is -2.38. The summed E-state index contributed by atoms with van der Waals surface area (Å²) in [6, 6.07) is 11.8. The fourth-order valence-corrected chi connectivity index (χ4v) is 2.55. The Morgan fingerprint density at radius 1 is 1.04 bits per heavy atom. The van der Waals surface area contributed by atoms with Gasteiger partial charge in [0.25, 0.3) is 0 Å². The predicted octanol–water partition coefficient (Wildman–Crippen LogP) is 3.17. The molecule has 0 atom stereocenters. The molecule has 24 heavy (non-hydrogen) atoms. The largest absolute Gasteiger partial charge is 0.441 e. The highest BCUT2D eigenvalue weighted by Crippen LogP contribution is 2.14. The number of Topliss-reactive ketones (excluding diaryl/α,β-unsaturated/α-hetero) is 1. The van der Waals surface area contributed by atoms with E-state index in [-0.39, 0.29) is 10.5 Å². The molecule has 0 unspecified atom stereocenters. The quantitative estimate of drug-likeness (QED) is 0.820. The average Bonchev–Trinajstić information content (AvgIpc) is 2.54. The molecule has 126 valence electrons. The van der Waals surface area contributed by atoms with Gasteiger partial charge >= 0.3 is 6.09 Å². The van der Waals surface area contributed by atoms with Crippen LogP contribution in [0.3, 0.4) is 0 Å². The van der Waals surface area contributed by atoms with Crippen LogP contribution in [-0.2, 0) is 14.6 Å². The van der Waals surface area contributed by atoms with Crippen LogP contribution >= 0.6 is 11.6 Å². The van der Waals surface area contributed by atoms with Crippen LogP contribution in [0, 0.1) is 0 Å². The summed E-state index contributed by atoms with van der Waals surface area (Å²) in [5, 5.41) is 2.98. The van der Waals surface area contributed by atoms with E-state index in [4.69, 9.17) is 16.3 Å². The molecule has 1 amide bonds. The van der Waals surface area contributed by atoms with Crippen molar-refractivity contribution in [3.63, 3.8) is 0 Å². The van der Waals surface area contributed by atoms with E-state index in [1.807, 2.05) is 0 Å². The first kappa shape index (κ1) is 18.0. The monoisotopic (exact) mass is 367 g/mol. The molecular formula is C16H14ClNO5S. The topological polar surface area (TPSA) is 89.5 Å². The number of halogens is 1. The fraction of sp³-hybridized carbons (Fsp3) is 0.125. The van der Waals surface area contributed by atoms with E-state index in [2.05, 4.69) is 5.32 Å². The highest BCUT2D eigenvalue weighted by atomic mass is 35.5. The van der Waals surface area contributed by atoms with E-state index in [9.17, 15) is 18.0 Å². The Morgan fingerprint density at radius 2 is 1.62 bits per heavy atom. The molecule has 2 aromatic rings. The number of carbonyl (C=O) groups is 2. The second-order valence-corrected chi connectivity index (χ2v) is 7.38. The molecule has 0 spiro atoms. The van der Waals surface area contributed by atoms with Crippen LogP contribution in [0.4, 0.5) is 10.5 Å². The molecular weight excluding hydrogens is 354 g/mol. The van der Waals surface area contributed by atoms with Crippen molar-refractivity contribution in [2.24, 2.45) is 0 Å². The molecule has 2 rings (SSSR count). The van der Waals surface area contributed by atoms with Gasteiger partial charge in [0.2, 0.25) is 0 Å². The normalized spacial score (nSPS) is 10.9. The van der Waals surface area contributed by atoms with Crippen molar-refractivity contribution in [1.82, 2.24) is 0 Å². The molecule has 0 fully saturated rings. The van der Waals surface area contributed by atoms with Gasteiger partial charge in [0.1, 0.15) is 0 Å². The van der Waals surface area contributed by atoms with Crippen molar-refractivity contribution in [2.75, 3.05) is 18.2 Å². The molecule has 0 saturated heterocycles. The summed E-state index contributed by atoms with van der Waals surface area (Å²) in [5.41, 5.74) is 0.732. The molecule has 0 bridgehead atoms. The molecule has 0 aromatic heterocycles. The number of ketones is 1. The summed E-state index contributed by atoms with van der Waals surface area (Å²) in [6.07, 6.45) is 0.298. The smallest absolute Gasteiger partial charge is 0.412 e. The van der Waals surface area contributed by atoms with Crippen LogP contribution in [0.15, 0.2) is 53.4 Å². The van der Waals surface area contributed by atoms with Gasteiger partial charge in [0.15, 0.2) is 22.2 Å². The second kappa shape index (κ2) is 7.46. The van der Waals surface area contributed by atoms with Gasteiger partial charge < -0.3 is 4.74 Å². The molecule has 0 saturated carbocycles. The van der Waals surface area contributed by atoms with Crippen molar-refractivity contribution in [3.05, 3.63) is 59.1 Å². The van der Waals surface area contributed by atoms with Gasteiger partial charge in [-0.15, -0.1) is 0 Å². The van der Waals surface area contributed by atoms with Gasteiger partial charge in [-0.1, -0.05) is 11.6 Å². The van der Waals surface area contributed by atoms with Gasteiger partial charge in [0.05, 0.1) is 4.90 Å². The maximum absolute atomic E-state index is 11.9. The van der Waals surface area contributed by atoms with Crippen LogP contribution in [0.1, 0.15) is 10.4 Å². The van der Waals surface area contributed by atoms with E-state index in [1.54, 1.807) is 24.3 Å². The Balaban J connectivity index is 1.90. The van der Waals surface area contributed by atoms with Crippen molar-refractivity contribution < 1.29 is 22.7 Å². The minimum atomic E-state index is -3.32. The van der Waals surface area contributed by atoms with Crippen molar-refractivity contribution in [2.45, 2.75) is 4.90 Å². The lowest BCUT2D eigenvalue weighted by Gasteiger charge is -2.07. The van der Waals surface area contributed by atoms with E-state index >= 15 is 0 Å². The number of sulfone groups is 1. The minimum absolute atomic E-state index is 0.112. The average molecular weight is 368 g/mol. The maximum atomic E-state index is 11.9. The van der Waals surface area contributed by atoms with Crippen molar-refractivity contribution in [3.8, 4) is 0 Å². The Labute approximate surface area is 144 Å². The van der Waals surface area contributed by atoms with E-state index in [1.165, 1.54) is 24.3 Å². The number of hydrogen-bond acceptors (Lipinski definition) is 5. The van der Waals surface area contributed by atoms with Gasteiger partial charge in [-0.3, -0.25) is 10.1 Å². The molecule has 0 heterocycles. The van der Waals surface area contributed by atoms with Crippen LogP contribution in [0.25, 0.3) is 0 Å². The number of nitrogens with one attached hydrogen (secondary N) is 1. The number of ether oxygens (including phenoxy) is 1. The number of benzene rings is 2. The number of hydrogen-bond donors (Lipinski definition) is 1. The van der Waals surface area contributed by atoms with Crippen LogP contribution in [-0.4, -0.2) is 33.2 Å². The highest BCUT2D eigenvalue weighted by molar-refractivity contribution is 7.90. The van der Waals surface area contributed by atoms with Crippen molar-refractivity contribution in [1.29, 1.82) is 0 Å². The SMILES string of the molecule is CS(=O)(=O)c1ccc(C(=O)COC(=O)Nc2ccc(Cl)cc2)cc1. The molecule has 6 nitrogen and oxygen atoms in total. The number of carbonyl (C=O) groups excluding carboxylic acids is 2. The molecule has 8 heteroatoms. The molecule has 0 aliphatic carbocycles. The Morgan fingerprint density at radius 3 is 2.17 bits per heavy atom. The summed E-state index contributed by atoms with van der Waals surface area (Å²) in [6.45, 7) is -0.461.